The van der Waals surface area contributed by atoms with Gasteiger partial charge in [-0.1, -0.05) is 140 Å². The predicted molar refractivity (Wildman–Crippen MR) is 567 cm³/mol. The van der Waals surface area contributed by atoms with Gasteiger partial charge in [0, 0.05) is 224 Å². The summed E-state index contributed by atoms with van der Waals surface area (Å²) >= 11 is 36.3. The Hall–Kier alpha value is -8.06. The number of piperidine rings is 4. The van der Waals surface area contributed by atoms with Crippen LogP contribution in [0.15, 0.2) is 209 Å². The zero-order valence-corrected chi connectivity index (χ0v) is 83.5. The molecule has 0 bridgehead atoms. The maximum atomic E-state index is 6.71. The van der Waals surface area contributed by atoms with Gasteiger partial charge in [-0.05, 0) is 239 Å². The van der Waals surface area contributed by atoms with Crippen LogP contribution < -0.4 is 78.2 Å². The van der Waals surface area contributed by atoms with Crippen LogP contribution in [0.1, 0.15) is 171 Å². The largest absolute Gasteiger partial charge is 1.00 e. The molecule has 8 aliphatic rings. The quantitative estimate of drug-likeness (QED) is 0.0373. The first kappa shape index (κ1) is 107. The molecule has 0 saturated carbocycles. The van der Waals surface area contributed by atoms with Crippen LogP contribution in [0.2, 0.25) is 20.4 Å². The number of halogens is 6. The zero-order valence-electron chi connectivity index (χ0n) is 71.7. The summed E-state index contributed by atoms with van der Waals surface area (Å²) in [6.07, 6.45) is 48.0. The van der Waals surface area contributed by atoms with E-state index in [9.17, 15) is 0 Å². The minimum Gasteiger partial charge on any atom is -0.778 e. The second-order valence-electron chi connectivity index (χ2n) is 33.5. The molecule has 4 atom stereocenters. The van der Waals surface area contributed by atoms with Crippen molar-refractivity contribution in [1.82, 2.24) is 97.7 Å². The molecule has 41 heteroatoms. The Kier molecular flexibility index (Phi) is 37.2. The normalized spacial score (nSPS) is 18.2. The molecule has 15 aromatic rings. The van der Waals surface area contributed by atoms with E-state index in [1.54, 1.807) is 47.6 Å². The van der Waals surface area contributed by atoms with E-state index in [1.165, 1.54) is 94.7 Å². The number of nitrogens with one attached hydrogen (secondary N) is 1. The Balaban J connectivity index is 0.000000161. The van der Waals surface area contributed by atoms with Gasteiger partial charge < -0.3 is 61.3 Å². The minimum atomic E-state index is 0. The minimum absolute atomic E-state index is 0. The van der Waals surface area contributed by atoms with Crippen molar-refractivity contribution in [2.75, 3.05) is 84.3 Å². The third-order valence-corrected chi connectivity index (χ3v) is 32.6. The van der Waals surface area contributed by atoms with Crippen LogP contribution in [0.3, 0.4) is 0 Å². The number of pyridine rings is 7. The fourth-order valence-electron chi connectivity index (χ4n) is 19.6. The first-order valence-electron chi connectivity index (χ1n) is 42.5. The SMILES string of the molecule is C.C.C.C.C.C[C@@H]1c2cccnc2CC12CCN(c1ncc(I)c3nccn13)CC2.C[C@@H]1c2cccnc2CC12CCN(c1ncc(Sc3ccnc(N)c3Cl)c3nccn13)CC2.Clc1ncc(I)c2nccn12.N[C@@H]1c2cccnc2CC12CCNCC2.Nc1nccc(Sc2cnc(N3CCC4(CC3)Cc3ncccc3[C@H]4N)n3ccnc23)c1Cl.Nc1nccc([S-])c1Cl.[B][B][B].[Na+]. The van der Waals surface area contributed by atoms with Crippen molar-refractivity contribution in [3.63, 3.8) is 0 Å². The van der Waals surface area contributed by atoms with E-state index < -0.39 is 0 Å². The number of aromatic nitrogens is 19. The molecule has 0 amide bonds. The van der Waals surface area contributed by atoms with Gasteiger partial charge in [-0.25, -0.2) is 54.8 Å². The Bertz CT molecular complexity index is 6270. The Morgan fingerprint density at radius 2 is 0.711 bits per heavy atom. The second-order valence-corrected chi connectivity index (χ2v) is 39.9. The fourth-order valence-corrected chi connectivity index (χ4v) is 23.4. The monoisotopic (exact) mass is 2180 g/mol. The molecule has 19 heterocycles. The van der Waals surface area contributed by atoms with Crippen LogP contribution in [0.4, 0.5) is 35.3 Å². The number of nitrogens with two attached hydrogens (primary N) is 5. The second kappa shape index (κ2) is 46.8. The maximum Gasteiger partial charge on any atom is 1.00 e. The summed E-state index contributed by atoms with van der Waals surface area (Å²) in [5.74, 6) is 4.92. The zero-order chi connectivity index (χ0) is 89.9. The first-order chi connectivity index (χ1) is 62.5. The van der Waals surface area contributed by atoms with Crippen LogP contribution in [0, 0.1) is 28.8 Å². The summed E-state index contributed by atoms with van der Waals surface area (Å²) < 4.78 is 10.1. The van der Waals surface area contributed by atoms with E-state index in [-0.39, 0.29) is 84.2 Å². The molecular formula is C94H111B3Cl4I2N28NaS3. The molecule has 23 rings (SSSR count). The fraction of sp³-hybridized carbons (Fsp3) is 0.372. The van der Waals surface area contributed by atoms with Crippen molar-refractivity contribution in [3.05, 3.63) is 257 Å². The Labute approximate surface area is 877 Å². The molecule has 15 aromatic heterocycles. The van der Waals surface area contributed by atoms with E-state index >= 15 is 0 Å². The van der Waals surface area contributed by atoms with E-state index in [2.05, 4.69) is 200 Å². The van der Waals surface area contributed by atoms with Crippen molar-refractivity contribution in [3.8, 4) is 0 Å². The van der Waals surface area contributed by atoms with Crippen molar-refractivity contribution in [2.24, 2.45) is 33.1 Å². The van der Waals surface area contributed by atoms with Gasteiger partial charge in [0.2, 0.25) is 23.1 Å². The van der Waals surface area contributed by atoms with E-state index in [0.717, 1.165) is 184 Å². The third kappa shape index (κ3) is 22.1. The van der Waals surface area contributed by atoms with E-state index in [4.69, 9.17) is 103 Å². The molecule has 4 spiro atoms. The maximum absolute atomic E-state index is 6.71. The third-order valence-electron chi connectivity index (χ3n) is 26.8. The summed E-state index contributed by atoms with van der Waals surface area (Å²) in [6, 6.07) is 22.5. The van der Waals surface area contributed by atoms with E-state index in [1.807, 2.05) is 103 Å². The smallest absolute Gasteiger partial charge is 0.778 e. The summed E-state index contributed by atoms with van der Waals surface area (Å²) in [4.78, 5) is 77.4. The standard InChI is InChI=1S/C24H24ClN7S.C23H23ClN8S.C19H20IN5.C12H17N3.C6H3ClIN3.C5H5ClN2S.5CH4.B3.Na/c1-15-16-3-2-7-27-17(16)13-24(15)5-10-31(11-6-24)23-30-14-19(22-29-9-12-32(22)23)33-18-4-8-28-21(26)20(18)25;24-18-16(3-7-28-20(18)26)33-17-13-30-22(32-11-8-29-21(17)32)31-9-4-23(5-10-31)12-15-14(19(23)25)2-1-6-27-15;1-13-14-3-2-6-21-16(14)11-19(13)4-8-24(9-5-19)18-23-12-15(20)17-22-7-10-25(17)18;13-11-9-2-1-5-15-10(9)8-12(11)3-6-14-7-4-12;7-6-10-3-4(8)5-9-1-2-11(5)6;6-4-3(9)1-2-8-5(4)7;;;;;;1-3-2;/h2-4,7-9,12,14-15H,5-6,10-11,13H2,1H3,(H2,26,28);1-3,6-8,11,13,19H,4-5,9-10,12,25H2,(H2,26,28);2-3,6-7,10,12-13H,4-5,8-9,11H2,1H3;1-2,5,11,14H,3-4,6-8,13H2;1-3H;1-2H,(H3,7,8,9);5*1H4;;/q;;;;;;;;;;;;+1/p-1/t15-;19-;13-;11-;;;;;;;;;/m1111........./s1. The number of fused-ring (bicyclic) bond motifs is 8. The van der Waals surface area contributed by atoms with Gasteiger partial charge in [0.15, 0.2) is 22.6 Å². The number of hydrogen-bond acceptors (Lipinski definition) is 27. The van der Waals surface area contributed by atoms with Crippen LogP contribution in [0.5, 0.6) is 0 Å². The van der Waals surface area contributed by atoms with Crippen molar-refractivity contribution < 1.29 is 29.6 Å². The van der Waals surface area contributed by atoms with Crippen LogP contribution in [0.25, 0.3) is 22.6 Å². The van der Waals surface area contributed by atoms with Gasteiger partial charge >= 0.3 is 29.6 Å². The number of imidazole rings is 4. The van der Waals surface area contributed by atoms with Gasteiger partial charge in [-0.3, -0.25) is 37.5 Å². The number of rotatable bonds is 7. The van der Waals surface area contributed by atoms with Crippen LogP contribution in [-0.2, 0) is 38.3 Å². The molecule has 4 saturated heterocycles. The summed E-state index contributed by atoms with van der Waals surface area (Å²) in [5, 5.41) is 5.12. The van der Waals surface area contributed by atoms with Crippen molar-refractivity contribution >= 4 is 208 Å². The molecule has 4 aliphatic heterocycles. The van der Waals surface area contributed by atoms with Gasteiger partial charge in [0.1, 0.15) is 17.5 Å². The number of anilines is 6. The van der Waals surface area contributed by atoms with Gasteiger partial charge in [-0.15, -0.1) is 0 Å². The average molecular weight is 2180 g/mol. The summed E-state index contributed by atoms with van der Waals surface area (Å²) in [5.41, 5.74) is 45.1. The molecule has 135 heavy (non-hydrogen) atoms. The molecular weight excluding hydrogens is 2070 g/mol. The molecule has 697 valence electrons. The van der Waals surface area contributed by atoms with Gasteiger partial charge in [0.25, 0.3) is 0 Å². The predicted octanol–water partition coefficient (Wildman–Crippen LogP) is 15.5. The van der Waals surface area contributed by atoms with Gasteiger partial charge in [-0.2, -0.15) is 4.90 Å². The van der Waals surface area contributed by atoms with E-state index in [0.29, 0.717) is 70.8 Å². The average Bonchev–Trinajstić information content (AvgIpc) is 1.53. The number of nitrogen functional groups attached to an aromatic ring is 3. The molecule has 11 N–H and O–H groups in total. The molecule has 0 unspecified atom stereocenters. The van der Waals surface area contributed by atoms with Crippen molar-refractivity contribution in [1.29, 1.82) is 0 Å². The topological polar surface area (TPSA) is 363 Å². The summed E-state index contributed by atoms with van der Waals surface area (Å²) in [7, 11) is 10.0. The van der Waals surface area contributed by atoms with Crippen LogP contribution >= 0.6 is 115 Å². The molecule has 4 fully saturated rings. The molecule has 4 aliphatic carbocycles. The first-order valence-corrected chi connectivity index (χ1v) is 48.2. The molecule has 5 radical (unpaired) electrons. The number of nitrogens with zero attached hydrogens (tertiary/aromatic N) is 22. The van der Waals surface area contributed by atoms with Gasteiger partial charge in [0.05, 0.1) is 32.0 Å². The molecule has 28 nitrogen and oxygen atoms in total. The Morgan fingerprint density at radius 1 is 0.393 bits per heavy atom. The number of hydrogen-bond donors (Lipinski definition) is 6. The van der Waals surface area contributed by atoms with Crippen molar-refractivity contribution in [2.45, 2.75) is 176 Å². The van der Waals surface area contributed by atoms with Crippen LogP contribution in [-0.4, -0.2) is 167 Å². The summed E-state index contributed by atoms with van der Waals surface area (Å²) in [6.45, 7) is 12.8. The molecule has 0 aromatic carbocycles. The Morgan fingerprint density at radius 3 is 1.09 bits per heavy atom.